The molecule has 1 aromatic rings. The van der Waals surface area contributed by atoms with Crippen LogP contribution in [0.2, 0.25) is 5.02 Å². The van der Waals surface area contributed by atoms with Gasteiger partial charge in [-0.25, -0.2) is 4.79 Å². The summed E-state index contributed by atoms with van der Waals surface area (Å²) in [4.78, 5) is 22.7. The summed E-state index contributed by atoms with van der Waals surface area (Å²) in [6.07, 6.45) is -0.104. The van der Waals surface area contributed by atoms with Crippen molar-refractivity contribution in [3.63, 3.8) is 0 Å². The largest absolute Gasteiger partial charge is 0.496 e. The SMILES string of the molecule is COc1ccc(Cl)cc1CC(=O)N[C@@H](CCO)C(=O)O. The number of hydrogen-bond acceptors (Lipinski definition) is 4. The van der Waals surface area contributed by atoms with Gasteiger partial charge < -0.3 is 20.3 Å². The molecule has 0 bridgehead atoms. The third-order valence-corrected chi connectivity index (χ3v) is 2.88. The molecule has 0 spiro atoms. The summed E-state index contributed by atoms with van der Waals surface area (Å²) in [6.45, 7) is -0.322. The summed E-state index contributed by atoms with van der Waals surface area (Å²) < 4.78 is 5.11. The molecule has 7 heteroatoms. The van der Waals surface area contributed by atoms with Gasteiger partial charge in [0.2, 0.25) is 5.91 Å². The first kappa shape index (κ1) is 16.3. The Bertz CT molecular complexity index is 492. The fourth-order valence-electron chi connectivity index (χ4n) is 1.69. The van der Waals surface area contributed by atoms with E-state index < -0.39 is 17.9 Å². The van der Waals surface area contributed by atoms with Crippen molar-refractivity contribution < 1.29 is 24.5 Å². The number of nitrogens with one attached hydrogen (secondary N) is 1. The van der Waals surface area contributed by atoms with Crippen LogP contribution in [0, 0.1) is 0 Å². The number of amides is 1. The predicted octanol–water partition coefficient (Wildman–Crippen LogP) is 0.843. The number of carboxylic acid groups (broad SMARTS) is 1. The van der Waals surface area contributed by atoms with Crippen molar-refractivity contribution in [3.8, 4) is 5.75 Å². The van der Waals surface area contributed by atoms with E-state index >= 15 is 0 Å². The van der Waals surface area contributed by atoms with E-state index in [1.807, 2.05) is 0 Å². The highest BCUT2D eigenvalue weighted by atomic mass is 35.5. The van der Waals surface area contributed by atoms with E-state index in [0.29, 0.717) is 16.3 Å². The fraction of sp³-hybridized carbons (Fsp3) is 0.385. The minimum atomic E-state index is -1.19. The number of carbonyl (C=O) groups excluding carboxylic acids is 1. The van der Waals surface area contributed by atoms with Crippen molar-refractivity contribution in [2.45, 2.75) is 18.9 Å². The number of aliphatic carboxylic acids is 1. The number of aliphatic hydroxyl groups is 1. The molecule has 1 rings (SSSR count). The van der Waals surface area contributed by atoms with Crippen LogP contribution >= 0.6 is 11.6 Å². The van der Waals surface area contributed by atoms with Crippen LogP contribution in [0.5, 0.6) is 5.75 Å². The van der Waals surface area contributed by atoms with Crippen molar-refractivity contribution in [1.82, 2.24) is 5.32 Å². The number of rotatable bonds is 7. The van der Waals surface area contributed by atoms with Crippen LogP contribution in [0.1, 0.15) is 12.0 Å². The maximum Gasteiger partial charge on any atom is 0.326 e. The first-order valence-corrected chi connectivity index (χ1v) is 6.31. The summed E-state index contributed by atoms with van der Waals surface area (Å²) in [5.41, 5.74) is 0.561. The number of benzene rings is 1. The number of carboxylic acids is 1. The molecule has 0 aliphatic rings. The van der Waals surface area contributed by atoms with Crippen molar-refractivity contribution in [2.75, 3.05) is 13.7 Å². The third-order valence-electron chi connectivity index (χ3n) is 2.64. The van der Waals surface area contributed by atoms with Gasteiger partial charge in [0, 0.05) is 23.6 Å². The Kier molecular flexibility index (Phi) is 6.27. The van der Waals surface area contributed by atoms with Crippen LogP contribution in [0.4, 0.5) is 0 Å². The molecule has 6 nitrogen and oxygen atoms in total. The van der Waals surface area contributed by atoms with Gasteiger partial charge in [-0.2, -0.15) is 0 Å². The molecule has 20 heavy (non-hydrogen) atoms. The van der Waals surface area contributed by atoms with E-state index in [1.165, 1.54) is 7.11 Å². The van der Waals surface area contributed by atoms with Gasteiger partial charge in [0.05, 0.1) is 13.5 Å². The lowest BCUT2D eigenvalue weighted by molar-refractivity contribution is -0.142. The molecular weight excluding hydrogens is 286 g/mol. The first-order chi connectivity index (χ1) is 9.47. The van der Waals surface area contributed by atoms with Gasteiger partial charge in [-0.05, 0) is 18.2 Å². The normalized spacial score (nSPS) is 11.8. The Morgan fingerprint density at radius 3 is 2.70 bits per heavy atom. The van der Waals surface area contributed by atoms with Gasteiger partial charge in [0.15, 0.2) is 0 Å². The zero-order valence-electron chi connectivity index (χ0n) is 10.9. The molecule has 0 saturated carbocycles. The highest BCUT2D eigenvalue weighted by molar-refractivity contribution is 6.30. The highest BCUT2D eigenvalue weighted by Gasteiger charge is 2.20. The monoisotopic (exact) mass is 301 g/mol. The summed E-state index contributed by atoms with van der Waals surface area (Å²) in [5.74, 6) is -1.17. The summed E-state index contributed by atoms with van der Waals surface area (Å²) in [6, 6.07) is 3.74. The number of ether oxygens (including phenoxy) is 1. The lowest BCUT2D eigenvalue weighted by atomic mass is 10.1. The van der Waals surface area contributed by atoms with Crippen molar-refractivity contribution in [2.24, 2.45) is 0 Å². The average molecular weight is 302 g/mol. The van der Waals surface area contributed by atoms with E-state index in [0.717, 1.165) is 0 Å². The van der Waals surface area contributed by atoms with Crippen LogP contribution < -0.4 is 10.1 Å². The Balaban J connectivity index is 2.75. The fourth-order valence-corrected chi connectivity index (χ4v) is 1.88. The molecule has 0 aliphatic heterocycles. The van der Waals surface area contributed by atoms with Crippen LogP contribution in [0.3, 0.4) is 0 Å². The molecule has 0 unspecified atom stereocenters. The molecule has 1 amide bonds. The van der Waals surface area contributed by atoms with E-state index in [9.17, 15) is 9.59 Å². The van der Waals surface area contributed by atoms with Gasteiger partial charge in [-0.3, -0.25) is 4.79 Å². The number of hydrogen-bond donors (Lipinski definition) is 3. The number of carbonyl (C=O) groups is 2. The van der Waals surface area contributed by atoms with Gasteiger partial charge in [0.1, 0.15) is 11.8 Å². The van der Waals surface area contributed by atoms with E-state index in [2.05, 4.69) is 5.32 Å². The zero-order valence-corrected chi connectivity index (χ0v) is 11.7. The summed E-state index contributed by atoms with van der Waals surface area (Å²) >= 11 is 5.85. The maximum absolute atomic E-state index is 11.8. The third kappa shape index (κ3) is 4.71. The van der Waals surface area contributed by atoms with Crippen LogP contribution in [0.25, 0.3) is 0 Å². The second kappa shape index (κ2) is 7.72. The molecule has 0 radical (unpaired) electrons. The lowest BCUT2D eigenvalue weighted by Gasteiger charge is -2.14. The molecule has 0 aromatic heterocycles. The van der Waals surface area contributed by atoms with Crippen LogP contribution in [-0.4, -0.2) is 41.8 Å². The van der Waals surface area contributed by atoms with Gasteiger partial charge in [0.25, 0.3) is 0 Å². The predicted molar refractivity (Wildman–Crippen MR) is 73.0 cm³/mol. The summed E-state index contributed by atoms with van der Waals surface area (Å²) in [7, 11) is 1.47. The Morgan fingerprint density at radius 1 is 1.45 bits per heavy atom. The van der Waals surface area contributed by atoms with E-state index in [1.54, 1.807) is 18.2 Å². The number of halogens is 1. The molecule has 0 saturated heterocycles. The second-order valence-corrected chi connectivity index (χ2v) is 4.54. The van der Waals surface area contributed by atoms with Crippen LogP contribution in [-0.2, 0) is 16.0 Å². The summed E-state index contributed by atoms with van der Waals surface area (Å²) in [5, 5.41) is 20.4. The Morgan fingerprint density at radius 2 is 2.15 bits per heavy atom. The molecular formula is C13H16ClNO5. The maximum atomic E-state index is 11.8. The topological polar surface area (TPSA) is 95.9 Å². The average Bonchev–Trinajstić information content (AvgIpc) is 2.38. The van der Waals surface area contributed by atoms with Crippen molar-refractivity contribution in [1.29, 1.82) is 0 Å². The van der Waals surface area contributed by atoms with Gasteiger partial charge in [-0.15, -0.1) is 0 Å². The molecule has 3 N–H and O–H groups in total. The van der Waals surface area contributed by atoms with Gasteiger partial charge >= 0.3 is 5.97 Å². The minimum Gasteiger partial charge on any atom is -0.496 e. The number of aliphatic hydroxyl groups excluding tert-OH is 1. The van der Waals surface area contributed by atoms with E-state index in [-0.39, 0.29) is 19.4 Å². The Labute approximate surface area is 121 Å². The molecule has 110 valence electrons. The molecule has 0 heterocycles. The van der Waals surface area contributed by atoms with Crippen molar-refractivity contribution in [3.05, 3.63) is 28.8 Å². The quantitative estimate of drug-likeness (QED) is 0.693. The standard InChI is InChI=1S/C13H16ClNO5/c1-20-11-3-2-9(14)6-8(11)7-12(17)15-10(4-5-16)13(18)19/h2-3,6,10,16H,4-5,7H2,1H3,(H,15,17)(H,18,19)/t10-/m0/s1. The minimum absolute atomic E-state index is 0.0479. The highest BCUT2D eigenvalue weighted by Crippen LogP contribution is 2.23. The van der Waals surface area contributed by atoms with Crippen molar-refractivity contribution >= 4 is 23.5 Å². The Hall–Kier alpha value is -1.79. The smallest absolute Gasteiger partial charge is 0.326 e. The molecule has 1 atom stereocenters. The zero-order chi connectivity index (χ0) is 15.1. The van der Waals surface area contributed by atoms with Gasteiger partial charge in [-0.1, -0.05) is 11.6 Å². The molecule has 1 aromatic carbocycles. The first-order valence-electron chi connectivity index (χ1n) is 5.93. The van der Waals surface area contributed by atoms with Crippen LogP contribution in [0.15, 0.2) is 18.2 Å². The number of methoxy groups -OCH3 is 1. The molecule has 0 fully saturated rings. The second-order valence-electron chi connectivity index (χ2n) is 4.10. The van der Waals surface area contributed by atoms with E-state index in [4.69, 9.17) is 26.6 Å². The molecule has 0 aliphatic carbocycles. The lowest BCUT2D eigenvalue weighted by Crippen LogP contribution is -2.42.